The maximum absolute atomic E-state index is 11.7. The van der Waals surface area contributed by atoms with Crippen molar-refractivity contribution < 1.29 is 4.52 Å². The molecule has 106 valence electrons. The zero-order chi connectivity index (χ0) is 13.8. The third-order valence-electron chi connectivity index (χ3n) is 4.03. The Labute approximate surface area is 118 Å². The number of piperidine rings is 1. The maximum atomic E-state index is 11.7. The van der Waals surface area contributed by atoms with Gasteiger partial charge in [0.1, 0.15) is 6.26 Å². The minimum absolute atomic E-state index is 0.0290. The molecule has 1 N–H and O–H groups in total. The number of aryl methyl sites for hydroxylation is 1. The van der Waals surface area contributed by atoms with E-state index in [0.29, 0.717) is 6.04 Å². The Hall–Kier alpha value is -1.81. The molecule has 2 atom stereocenters. The highest BCUT2D eigenvalue weighted by Gasteiger charge is 2.24. The van der Waals surface area contributed by atoms with E-state index in [1.807, 2.05) is 6.07 Å². The summed E-state index contributed by atoms with van der Waals surface area (Å²) in [5.74, 6) is 0. The average molecular weight is 272 g/mol. The van der Waals surface area contributed by atoms with E-state index in [4.69, 9.17) is 4.52 Å². The van der Waals surface area contributed by atoms with Gasteiger partial charge in [-0.25, -0.2) is 0 Å². The third kappa shape index (κ3) is 3.02. The Balaban J connectivity index is 1.58. The van der Waals surface area contributed by atoms with Crippen LogP contribution < -0.4 is 10.9 Å². The molecule has 1 aromatic heterocycles. The van der Waals surface area contributed by atoms with Crippen molar-refractivity contribution in [3.63, 3.8) is 0 Å². The minimum Gasteiger partial charge on any atom is -0.384 e. The van der Waals surface area contributed by atoms with Crippen LogP contribution in [-0.2, 0) is 6.42 Å². The Kier molecular flexibility index (Phi) is 4.02. The van der Waals surface area contributed by atoms with Crippen molar-refractivity contribution in [2.24, 2.45) is 0 Å². The first-order valence-electron chi connectivity index (χ1n) is 7.27. The molecule has 4 nitrogen and oxygen atoms in total. The van der Waals surface area contributed by atoms with Gasteiger partial charge in [0.15, 0.2) is 0 Å². The number of benzene rings is 1. The fourth-order valence-corrected chi connectivity index (χ4v) is 2.95. The first kappa shape index (κ1) is 13.2. The van der Waals surface area contributed by atoms with Crippen LogP contribution in [0.15, 0.2) is 52.0 Å². The number of hydrogen-bond donors (Lipinski definition) is 1. The lowest BCUT2D eigenvalue weighted by molar-refractivity contribution is 0.159. The van der Waals surface area contributed by atoms with E-state index in [1.54, 1.807) is 0 Å². The molecular formula is C16H20N2O2. The minimum atomic E-state index is -0.0290. The van der Waals surface area contributed by atoms with Gasteiger partial charge in [-0.15, -0.1) is 0 Å². The van der Waals surface area contributed by atoms with Gasteiger partial charge in [0.25, 0.3) is 5.56 Å². The molecule has 0 unspecified atom stereocenters. The summed E-state index contributed by atoms with van der Waals surface area (Å²) in [5, 5.41) is 3.54. The van der Waals surface area contributed by atoms with Gasteiger partial charge < -0.3 is 9.84 Å². The van der Waals surface area contributed by atoms with Crippen molar-refractivity contribution in [2.75, 3.05) is 6.54 Å². The van der Waals surface area contributed by atoms with Crippen molar-refractivity contribution in [1.29, 1.82) is 0 Å². The highest BCUT2D eigenvalue weighted by atomic mass is 16.5. The van der Waals surface area contributed by atoms with Gasteiger partial charge in [-0.2, -0.15) is 4.74 Å². The molecule has 0 spiro atoms. The van der Waals surface area contributed by atoms with Crippen LogP contribution in [0.1, 0.15) is 30.9 Å². The van der Waals surface area contributed by atoms with Crippen LogP contribution >= 0.6 is 0 Å². The number of rotatable bonds is 4. The molecule has 0 bridgehead atoms. The number of aromatic nitrogens is 1. The Morgan fingerprint density at radius 3 is 2.85 bits per heavy atom. The largest absolute Gasteiger partial charge is 0.384 e. The van der Waals surface area contributed by atoms with Gasteiger partial charge in [-0.3, -0.25) is 4.79 Å². The molecule has 2 aromatic rings. The molecule has 20 heavy (non-hydrogen) atoms. The van der Waals surface area contributed by atoms with Gasteiger partial charge in [0.2, 0.25) is 0 Å². The first-order chi connectivity index (χ1) is 9.83. The Bertz CT molecular complexity index is 588. The van der Waals surface area contributed by atoms with E-state index >= 15 is 0 Å². The van der Waals surface area contributed by atoms with Gasteiger partial charge in [0, 0.05) is 12.1 Å². The average Bonchev–Trinajstić information content (AvgIpc) is 2.93. The zero-order valence-corrected chi connectivity index (χ0v) is 11.5. The predicted octanol–water partition coefficient (Wildman–Crippen LogP) is 2.37. The highest BCUT2D eigenvalue weighted by molar-refractivity contribution is 5.14. The van der Waals surface area contributed by atoms with Crippen molar-refractivity contribution in [3.8, 4) is 0 Å². The lowest BCUT2D eigenvalue weighted by Crippen LogP contribution is -2.40. The monoisotopic (exact) mass is 272 g/mol. The van der Waals surface area contributed by atoms with Gasteiger partial charge in [0.05, 0.1) is 6.04 Å². The number of nitrogens with one attached hydrogen (secondary N) is 1. The summed E-state index contributed by atoms with van der Waals surface area (Å²) in [4.78, 5) is 11.7. The second kappa shape index (κ2) is 6.09. The van der Waals surface area contributed by atoms with Crippen molar-refractivity contribution in [3.05, 3.63) is 58.6 Å². The Morgan fingerprint density at radius 1 is 1.25 bits per heavy atom. The highest BCUT2D eigenvalue weighted by Crippen LogP contribution is 2.22. The molecule has 3 rings (SSSR count). The first-order valence-corrected chi connectivity index (χ1v) is 7.27. The van der Waals surface area contributed by atoms with Crippen LogP contribution in [0.2, 0.25) is 0 Å². The van der Waals surface area contributed by atoms with Crippen LogP contribution in [-0.4, -0.2) is 17.3 Å². The summed E-state index contributed by atoms with van der Waals surface area (Å²) in [6.45, 7) is 0.942. The molecule has 1 aromatic carbocycles. The second-order valence-corrected chi connectivity index (χ2v) is 5.43. The molecule has 1 saturated heterocycles. The van der Waals surface area contributed by atoms with Crippen LogP contribution in [0, 0.1) is 0 Å². The van der Waals surface area contributed by atoms with Crippen molar-refractivity contribution >= 4 is 0 Å². The summed E-state index contributed by atoms with van der Waals surface area (Å²) in [6.07, 6.45) is 5.55. The summed E-state index contributed by atoms with van der Waals surface area (Å²) in [5.41, 5.74) is 1.34. The lowest BCUT2D eigenvalue weighted by atomic mass is 9.94. The molecule has 2 heterocycles. The molecule has 4 heteroatoms. The predicted molar refractivity (Wildman–Crippen MR) is 77.8 cm³/mol. The summed E-state index contributed by atoms with van der Waals surface area (Å²) >= 11 is 0. The molecule has 0 saturated carbocycles. The molecule has 0 radical (unpaired) electrons. The van der Waals surface area contributed by atoms with E-state index in [9.17, 15) is 4.79 Å². The Morgan fingerprint density at radius 2 is 2.10 bits per heavy atom. The van der Waals surface area contributed by atoms with E-state index in [2.05, 4.69) is 29.6 Å². The van der Waals surface area contributed by atoms with Crippen LogP contribution in [0.3, 0.4) is 0 Å². The number of nitrogens with zero attached hydrogens (tertiary/aromatic N) is 1. The zero-order valence-electron chi connectivity index (χ0n) is 11.5. The maximum Gasteiger partial charge on any atom is 0.282 e. The smallest absolute Gasteiger partial charge is 0.282 e. The normalized spacial score (nSPS) is 22.8. The molecule has 1 aliphatic heterocycles. The molecule has 1 aliphatic rings. The van der Waals surface area contributed by atoms with Gasteiger partial charge in [-0.05, 0) is 37.8 Å². The summed E-state index contributed by atoms with van der Waals surface area (Å²) in [7, 11) is 0. The third-order valence-corrected chi connectivity index (χ3v) is 4.03. The SMILES string of the molecule is O=c1ccon1[C@@H]1CCN[C@@H](CCc2ccccc2)C1. The molecule has 0 amide bonds. The van der Waals surface area contributed by atoms with Crippen molar-refractivity contribution in [1.82, 2.24) is 10.1 Å². The quantitative estimate of drug-likeness (QED) is 0.929. The topological polar surface area (TPSA) is 47.2 Å². The summed E-state index contributed by atoms with van der Waals surface area (Å²) in [6, 6.07) is 12.7. The standard InChI is InChI=1S/C16H20N2O2/c19-16-9-11-20-18(16)15-8-10-17-14(12-15)7-6-13-4-2-1-3-5-13/h1-5,9,11,14-15,17H,6-8,10,12H2/t14-,15+/m0/s1. The second-order valence-electron chi connectivity index (χ2n) is 5.43. The molecule has 0 aliphatic carbocycles. The van der Waals surface area contributed by atoms with Crippen molar-refractivity contribution in [2.45, 2.75) is 37.8 Å². The summed E-state index contributed by atoms with van der Waals surface area (Å²) < 4.78 is 6.82. The van der Waals surface area contributed by atoms with Crippen LogP contribution in [0.4, 0.5) is 0 Å². The molecule has 1 fully saturated rings. The van der Waals surface area contributed by atoms with E-state index < -0.39 is 0 Å². The molecular weight excluding hydrogens is 252 g/mol. The number of hydrogen-bond acceptors (Lipinski definition) is 3. The van der Waals surface area contributed by atoms with Gasteiger partial charge in [-0.1, -0.05) is 30.3 Å². The van der Waals surface area contributed by atoms with E-state index in [1.165, 1.54) is 22.6 Å². The van der Waals surface area contributed by atoms with E-state index in [0.717, 1.165) is 32.2 Å². The lowest BCUT2D eigenvalue weighted by Gasteiger charge is -2.29. The van der Waals surface area contributed by atoms with Gasteiger partial charge >= 0.3 is 0 Å². The van der Waals surface area contributed by atoms with E-state index in [-0.39, 0.29) is 11.6 Å². The van der Waals surface area contributed by atoms with Crippen LogP contribution in [0.25, 0.3) is 0 Å². The fraction of sp³-hybridized carbons (Fsp3) is 0.438. The fourth-order valence-electron chi connectivity index (χ4n) is 2.95. The van der Waals surface area contributed by atoms with Crippen LogP contribution in [0.5, 0.6) is 0 Å².